The molecule has 0 aliphatic carbocycles. The van der Waals surface area contributed by atoms with E-state index in [4.69, 9.17) is 40.5 Å². The van der Waals surface area contributed by atoms with Crippen molar-refractivity contribution < 1.29 is 4.79 Å². The number of nitrogens with two attached hydrogens (primary N) is 1. The van der Waals surface area contributed by atoms with Crippen LogP contribution in [0.25, 0.3) is 0 Å². The predicted molar refractivity (Wildman–Crippen MR) is 54.7 cm³/mol. The molecule has 1 rings (SSSR count). The van der Waals surface area contributed by atoms with Crippen LogP contribution in [0.5, 0.6) is 0 Å². The first-order valence-corrected chi connectivity index (χ1v) is 4.35. The first-order chi connectivity index (χ1) is 6.02. The highest BCUT2D eigenvalue weighted by Gasteiger charge is 2.09. The van der Waals surface area contributed by atoms with Crippen molar-refractivity contribution in [3.8, 4) is 0 Å². The summed E-state index contributed by atoms with van der Waals surface area (Å²) in [5.41, 5.74) is 5.23. The van der Waals surface area contributed by atoms with Crippen LogP contribution in [0, 0.1) is 0 Å². The molecule has 0 spiro atoms. The monoisotopic (exact) mass is 238 g/mol. The fourth-order valence-electron chi connectivity index (χ4n) is 0.755. The maximum absolute atomic E-state index is 10.5. The normalized spacial score (nSPS) is 9.77. The zero-order valence-corrected chi connectivity index (χ0v) is 8.54. The molecule has 0 saturated carbocycles. The largest absolute Gasteiger partial charge is 0.351 e. The van der Waals surface area contributed by atoms with Gasteiger partial charge >= 0.3 is 6.03 Å². The number of amides is 2. The van der Waals surface area contributed by atoms with E-state index in [1.54, 1.807) is 0 Å². The van der Waals surface area contributed by atoms with Gasteiger partial charge in [0, 0.05) is 0 Å². The van der Waals surface area contributed by atoms with E-state index in [2.05, 4.69) is 5.32 Å². The maximum Gasteiger partial charge on any atom is 0.316 e. The Hall–Kier alpha value is -0.640. The summed E-state index contributed by atoms with van der Waals surface area (Å²) in [4.78, 5) is 10.5. The molecule has 0 aromatic heterocycles. The number of hydrogen-bond donors (Lipinski definition) is 2. The molecule has 0 aliphatic heterocycles. The second-order valence-corrected chi connectivity index (χ2v) is 3.38. The summed E-state index contributed by atoms with van der Waals surface area (Å²) in [6.45, 7) is 0. The Balaban J connectivity index is 3.10. The van der Waals surface area contributed by atoms with Crippen LogP contribution < -0.4 is 11.1 Å². The van der Waals surface area contributed by atoms with Gasteiger partial charge in [-0.1, -0.05) is 34.8 Å². The average molecular weight is 239 g/mol. The van der Waals surface area contributed by atoms with Crippen LogP contribution in [0.3, 0.4) is 0 Å². The molecule has 0 bridgehead atoms. The third-order valence-corrected chi connectivity index (χ3v) is 2.59. The van der Waals surface area contributed by atoms with E-state index in [9.17, 15) is 4.79 Å². The van der Waals surface area contributed by atoms with E-state index in [-0.39, 0.29) is 10.0 Å². The molecular weight excluding hydrogens is 234 g/mol. The number of carbonyl (C=O) groups is 1. The Morgan fingerprint density at radius 2 is 1.85 bits per heavy atom. The summed E-state index contributed by atoms with van der Waals surface area (Å²) < 4.78 is 0. The Bertz CT molecular complexity index is 354. The van der Waals surface area contributed by atoms with Gasteiger partial charge < -0.3 is 11.1 Å². The Morgan fingerprint density at radius 1 is 1.23 bits per heavy atom. The van der Waals surface area contributed by atoms with Crippen molar-refractivity contribution in [2.24, 2.45) is 5.73 Å². The van der Waals surface area contributed by atoms with Gasteiger partial charge in [0.15, 0.2) is 0 Å². The van der Waals surface area contributed by atoms with Crippen LogP contribution in [0.1, 0.15) is 0 Å². The number of hydrogen-bond acceptors (Lipinski definition) is 1. The van der Waals surface area contributed by atoms with Crippen LogP contribution >= 0.6 is 34.8 Å². The van der Waals surface area contributed by atoms with E-state index < -0.39 is 6.03 Å². The van der Waals surface area contributed by atoms with Gasteiger partial charge in [0.2, 0.25) is 0 Å². The number of carbonyl (C=O) groups excluding carboxylic acids is 1. The SMILES string of the molecule is NC(=O)Nc1ccc(Cl)c(Cl)c1Cl. The zero-order chi connectivity index (χ0) is 10.0. The molecule has 70 valence electrons. The lowest BCUT2D eigenvalue weighted by Crippen LogP contribution is -2.19. The topological polar surface area (TPSA) is 55.1 Å². The number of halogens is 3. The molecule has 3 N–H and O–H groups in total. The van der Waals surface area contributed by atoms with Crippen molar-refractivity contribution in [2.45, 2.75) is 0 Å². The molecule has 0 aliphatic rings. The van der Waals surface area contributed by atoms with Gasteiger partial charge in [0.05, 0.1) is 20.8 Å². The molecule has 0 atom stereocenters. The fourth-order valence-corrected chi connectivity index (χ4v) is 1.34. The summed E-state index contributed by atoms with van der Waals surface area (Å²) >= 11 is 17.1. The maximum atomic E-state index is 10.5. The molecule has 13 heavy (non-hydrogen) atoms. The number of primary amides is 1. The van der Waals surface area contributed by atoms with Crippen molar-refractivity contribution in [3.05, 3.63) is 27.2 Å². The highest BCUT2D eigenvalue weighted by atomic mass is 35.5. The minimum atomic E-state index is -0.708. The molecule has 3 nitrogen and oxygen atoms in total. The van der Waals surface area contributed by atoms with Gasteiger partial charge in [-0.05, 0) is 12.1 Å². The summed E-state index contributed by atoms with van der Waals surface area (Å²) in [6.07, 6.45) is 0. The highest BCUT2D eigenvalue weighted by Crippen LogP contribution is 2.35. The Labute approximate surface area is 89.8 Å². The minimum Gasteiger partial charge on any atom is -0.351 e. The summed E-state index contributed by atoms with van der Waals surface area (Å²) in [5.74, 6) is 0. The highest BCUT2D eigenvalue weighted by molar-refractivity contribution is 6.49. The van der Waals surface area contributed by atoms with Gasteiger partial charge in [-0.15, -0.1) is 0 Å². The predicted octanol–water partition coefficient (Wildman–Crippen LogP) is 3.14. The second-order valence-electron chi connectivity index (χ2n) is 2.21. The molecule has 0 fully saturated rings. The summed E-state index contributed by atoms with van der Waals surface area (Å²) in [5, 5.41) is 2.99. The first-order valence-electron chi connectivity index (χ1n) is 3.22. The molecule has 0 saturated heterocycles. The molecule has 1 aromatic rings. The van der Waals surface area contributed by atoms with Crippen LogP contribution in [0.15, 0.2) is 12.1 Å². The number of anilines is 1. The third-order valence-electron chi connectivity index (χ3n) is 1.29. The standard InChI is InChI=1S/C7H5Cl3N2O/c8-3-1-2-4(12-7(11)13)6(10)5(3)9/h1-2H,(H3,11,12,13). The molecular formula is C7H5Cl3N2O. The van der Waals surface area contributed by atoms with Crippen molar-refractivity contribution >= 4 is 46.5 Å². The quantitative estimate of drug-likeness (QED) is 0.727. The molecule has 1 aromatic carbocycles. The minimum absolute atomic E-state index is 0.174. The Morgan fingerprint density at radius 3 is 2.38 bits per heavy atom. The lowest BCUT2D eigenvalue weighted by molar-refractivity contribution is 0.259. The lowest BCUT2D eigenvalue weighted by Gasteiger charge is -2.06. The Kier molecular flexibility index (Phi) is 3.25. The van der Waals surface area contributed by atoms with E-state index in [1.807, 2.05) is 0 Å². The molecule has 0 unspecified atom stereocenters. The second kappa shape index (κ2) is 4.05. The number of benzene rings is 1. The van der Waals surface area contributed by atoms with E-state index >= 15 is 0 Å². The van der Waals surface area contributed by atoms with Crippen molar-refractivity contribution in [3.63, 3.8) is 0 Å². The summed E-state index contributed by atoms with van der Waals surface area (Å²) in [7, 11) is 0. The molecule has 2 amide bonds. The van der Waals surface area contributed by atoms with E-state index in [0.717, 1.165) is 0 Å². The smallest absolute Gasteiger partial charge is 0.316 e. The van der Waals surface area contributed by atoms with Crippen molar-refractivity contribution in [1.29, 1.82) is 0 Å². The number of urea groups is 1. The van der Waals surface area contributed by atoms with Gasteiger partial charge in [0.25, 0.3) is 0 Å². The van der Waals surface area contributed by atoms with Crippen LogP contribution in [0.2, 0.25) is 15.1 Å². The summed E-state index contributed by atoms with van der Waals surface area (Å²) in [6, 6.07) is 2.32. The van der Waals surface area contributed by atoms with Gasteiger partial charge in [-0.25, -0.2) is 4.79 Å². The molecule has 6 heteroatoms. The lowest BCUT2D eigenvalue weighted by atomic mass is 10.3. The number of nitrogens with one attached hydrogen (secondary N) is 1. The van der Waals surface area contributed by atoms with Crippen molar-refractivity contribution in [1.82, 2.24) is 0 Å². The first kappa shape index (κ1) is 10.4. The number of rotatable bonds is 1. The van der Waals surface area contributed by atoms with Crippen LogP contribution in [-0.4, -0.2) is 6.03 Å². The van der Waals surface area contributed by atoms with Crippen molar-refractivity contribution in [2.75, 3.05) is 5.32 Å². The van der Waals surface area contributed by atoms with E-state index in [0.29, 0.717) is 10.7 Å². The molecule has 0 radical (unpaired) electrons. The average Bonchev–Trinajstić information content (AvgIpc) is 2.06. The van der Waals surface area contributed by atoms with E-state index in [1.165, 1.54) is 12.1 Å². The third kappa shape index (κ3) is 2.40. The van der Waals surface area contributed by atoms with Gasteiger partial charge in [-0.3, -0.25) is 0 Å². The van der Waals surface area contributed by atoms with Gasteiger partial charge in [-0.2, -0.15) is 0 Å². The van der Waals surface area contributed by atoms with Gasteiger partial charge in [0.1, 0.15) is 0 Å². The fraction of sp³-hybridized carbons (Fsp3) is 0. The zero-order valence-electron chi connectivity index (χ0n) is 6.27. The van der Waals surface area contributed by atoms with Crippen LogP contribution in [-0.2, 0) is 0 Å². The molecule has 0 heterocycles. The van der Waals surface area contributed by atoms with Crippen LogP contribution in [0.4, 0.5) is 10.5 Å².